The SMILES string of the molecule is C=C[C@]1(C)C[C@@H](OC(=O)COCOCc2ccccc2)[C@@]2(C)C3C(=O)CC[C@@]3(CC[C@H]2C)[C@H](C)[C@@H]1OCOCc1ccccc1. The summed E-state index contributed by atoms with van der Waals surface area (Å²) in [7, 11) is 0. The molecule has 2 aromatic rings. The van der Waals surface area contributed by atoms with E-state index in [0.717, 1.165) is 30.4 Å². The zero-order valence-corrected chi connectivity index (χ0v) is 27.4. The number of Topliss-reactive ketones (excluding diaryl/α,β-unsaturated/α-hetero) is 1. The summed E-state index contributed by atoms with van der Waals surface area (Å²) in [6.07, 6.45) is 4.92. The molecule has 0 aliphatic heterocycles. The van der Waals surface area contributed by atoms with E-state index in [-0.39, 0.29) is 55.2 Å². The van der Waals surface area contributed by atoms with Crippen LogP contribution in [-0.2, 0) is 46.5 Å². The highest BCUT2D eigenvalue weighted by molar-refractivity contribution is 5.85. The fourth-order valence-corrected chi connectivity index (χ4v) is 8.78. The van der Waals surface area contributed by atoms with Crippen LogP contribution >= 0.6 is 0 Å². The van der Waals surface area contributed by atoms with Gasteiger partial charge in [0.15, 0.2) is 0 Å². The summed E-state index contributed by atoms with van der Waals surface area (Å²) in [6.45, 7) is 13.8. The number of rotatable bonds is 13. The Bertz CT molecular complexity index is 1300. The standard InChI is InChI=1S/C38H50O7/c1-6-36(4)21-32(45-33(40)24-43-25-41-22-29-13-9-7-10-14-29)37(5)27(2)17-19-38(20-18-31(39)34(37)38)28(3)35(36)44-26-42-23-30-15-11-8-12-16-30/h6-16,27-28,32,34-35H,1,17-26H2,2-5H3/t27-,28-,32-,34?,35+,36-,37+,38+/m1/s1. The van der Waals surface area contributed by atoms with Crippen molar-refractivity contribution in [1.29, 1.82) is 0 Å². The molecule has 7 nitrogen and oxygen atoms in total. The highest BCUT2D eigenvalue weighted by Gasteiger charge is 2.68. The van der Waals surface area contributed by atoms with Gasteiger partial charge in [-0.15, -0.1) is 6.58 Å². The minimum absolute atomic E-state index is 0.0205. The average molecular weight is 619 g/mol. The molecular weight excluding hydrogens is 568 g/mol. The Morgan fingerprint density at radius 2 is 1.53 bits per heavy atom. The first-order valence-corrected chi connectivity index (χ1v) is 16.4. The van der Waals surface area contributed by atoms with Gasteiger partial charge >= 0.3 is 5.97 Å². The number of esters is 1. The van der Waals surface area contributed by atoms with Crippen LogP contribution in [0.15, 0.2) is 73.3 Å². The van der Waals surface area contributed by atoms with E-state index in [2.05, 4.69) is 34.3 Å². The summed E-state index contributed by atoms with van der Waals surface area (Å²) in [6, 6.07) is 19.8. The maximum atomic E-state index is 13.9. The summed E-state index contributed by atoms with van der Waals surface area (Å²) in [5.74, 6) is -0.127. The van der Waals surface area contributed by atoms with Gasteiger partial charge in [0.2, 0.25) is 0 Å². The third-order valence-corrected chi connectivity index (χ3v) is 11.5. The summed E-state index contributed by atoms with van der Waals surface area (Å²) in [4.78, 5) is 27.2. The van der Waals surface area contributed by atoms with Crippen LogP contribution in [0.2, 0.25) is 0 Å². The fraction of sp³-hybridized carbons (Fsp3) is 0.579. The van der Waals surface area contributed by atoms with E-state index in [1.54, 1.807) is 0 Å². The molecule has 45 heavy (non-hydrogen) atoms. The van der Waals surface area contributed by atoms with Crippen LogP contribution in [-0.4, -0.2) is 44.2 Å². The lowest BCUT2D eigenvalue weighted by Crippen LogP contribution is -2.63. The van der Waals surface area contributed by atoms with Crippen molar-refractivity contribution in [3.63, 3.8) is 0 Å². The van der Waals surface area contributed by atoms with Gasteiger partial charge in [0, 0.05) is 23.2 Å². The number of carbonyl (C=O) groups excluding carboxylic acids is 2. The van der Waals surface area contributed by atoms with Gasteiger partial charge in [0.05, 0.1) is 19.3 Å². The third kappa shape index (κ3) is 6.83. The van der Waals surface area contributed by atoms with E-state index in [0.29, 0.717) is 26.1 Å². The number of ether oxygens (including phenoxy) is 5. The van der Waals surface area contributed by atoms with Gasteiger partial charge in [-0.25, -0.2) is 4.79 Å². The zero-order valence-electron chi connectivity index (χ0n) is 27.4. The molecule has 0 spiro atoms. The first-order chi connectivity index (χ1) is 21.6. The first kappa shape index (κ1) is 33.5. The molecule has 5 rings (SSSR count). The van der Waals surface area contributed by atoms with Crippen molar-refractivity contribution in [2.75, 3.05) is 20.2 Å². The summed E-state index contributed by atoms with van der Waals surface area (Å²) >= 11 is 0. The lowest BCUT2D eigenvalue weighted by atomic mass is 9.44. The Labute approximate surface area is 268 Å². The van der Waals surface area contributed by atoms with Crippen molar-refractivity contribution < 1.29 is 33.3 Å². The monoisotopic (exact) mass is 618 g/mol. The Hall–Kier alpha value is -2.84. The van der Waals surface area contributed by atoms with Crippen molar-refractivity contribution in [3.8, 4) is 0 Å². The summed E-state index contributed by atoms with van der Waals surface area (Å²) < 4.78 is 30.2. The smallest absolute Gasteiger partial charge is 0.332 e. The topological polar surface area (TPSA) is 80.3 Å². The van der Waals surface area contributed by atoms with Crippen LogP contribution in [0.25, 0.3) is 0 Å². The highest BCUT2D eigenvalue weighted by atomic mass is 16.7. The van der Waals surface area contributed by atoms with Gasteiger partial charge in [-0.2, -0.15) is 0 Å². The van der Waals surface area contributed by atoms with E-state index in [9.17, 15) is 9.59 Å². The van der Waals surface area contributed by atoms with E-state index >= 15 is 0 Å². The van der Waals surface area contributed by atoms with Crippen LogP contribution in [0.1, 0.15) is 70.9 Å². The largest absolute Gasteiger partial charge is 0.460 e. The van der Waals surface area contributed by atoms with Crippen LogP contribution < -0.4 is 0 Å². The Balaban J connectivity index is 1.34. The molecule has 3 saturated carbocycles. The molecule has 244 valence electrons. The average Bonchev–Trinajstić information content (AvgIpc) is 3.40. The fourth-order valence-electron chi connectivity index (χ4n) is 8.78. The quantitative estimate of drug-likeness (QED) is 0.101. The van der Waals surface area contributed by atoms with E-state index in [1.165, 1.54) is 0 Å². The molecule has 3 fully saturated rings. The minimum Gasteiger partial charge on any atom is -0.460 e. The number of hydrogen-bond acceptors (Lipinski definition) is 7. The van der Waals surface area contributed by atoms with Gasteiger partial charge in [0.25, 0.3) is 0 Å². The van der Waals surface area contributed by atoms with Gasteiger partial charge in [-0.05, 0) is 54.1 Å². The van der Waals surface area contributed by atoms with E-state index in [1.807, 2.05) is 66.7 Å². The molecule has 8 atom stereocenters. The summed E-state index contributed by atoms with van der Waals surface area (Å²) in [5.41, 5.74) is 0.789. The molecule has 3 aliphatic carbocycles. The Morgan fingerprint density at radius 3 is 2.16 bits per heavy atom. The second-order valence-corrected chi connectivity index (χ2v) is 14.0. The maximum Gasteiger partial charge on any atom is 0.332 e. The molecule has 0 N–H and O–H groups in total. The van der Waals surface area contributed by atoms with Crippen molar-refractivity contribution >= 4 is 11.8 Å². The van der Waals surface area contributed by atoms with Crippen molar-refractivity contribution in [2.45, 2.75) is 85.2 Å². The zero-order chi connectivity index (χ0) is 32.1. The summed E-state index contributed by atoms with van der Waals surface area (Å²) in [5, 5.41) is 0. The number of benzene rings is 2. The third-order valence-electron chi connectivity index (χ3n) is 11.5. The second kappa shape index (κ2) is 14.3. The minimum atomic E-state index is -0.540. The van der Waals surface area contributed by atoms with Crippen LogP contribution in [0.4, 0.5) is 0 Å². The van der Waals surface area contributed by atoms with Crippen LogP contribution in [0.3, 0.4) is 0 Å². The molecule has 0 saturated heterocycles. The predicted octanol–water partition coefficient (Wildman–Crippen LogP) is 7.28. The van der Waals surface area contributed by atoms with Gasteiger partial charge in [-0.1, -0.05) is 94.4 Å². The van der Waals surface area contributed by atoms with E-state index < -0.39 is 22.9 Å². The molecule has 0 heterocycles. The number of hydrogen-bond donors (Lipinski definition) is 0. The number of ketones is 1. The van der Waals surface area contributed by atoms with Crippen LogP contribution in [0, 0.1) is 34.0 Å². The van der Waals surface area contributed by atoms with E-state index in [4.69, 9.17) is 23.7 Å². The first-order valence-electron chi connectivity index (χ1n) is 16.4. The molecular formula is C38H50O7. The molecule has 3 aliphatic rings. The van der Waals surface area contributed by atoms with Gasteiger partial charge in [-0.3, -0.25) is 4.79 Å². The second-order valence-electron chi connectivity index (χ2n) is 14.0. The lowest BCUT2D eigenvalue weighted by Gasteiger charge is -2.62. The Morgan fingerprint density at radius 1 is 0.911 bits per heavy atom. The molecule has 0 radical (unpaired) electrons. The van der Waals surface area contributed by atoms with Crippen LogP contribution in [0.5, 0.6) is 0 Å². The maximum absolute atomic E-state index is 13.9. The van der Waals surface area contributed by atoms with Crippen molar-refractivity contribution in [2.24, 2.45) is 34.0 Å². The molecule has 2 bridgehead atoms. The molecule has 1 unspecified atom stereocenters. The molecule has 0 amide bonds. The molecule has 0 aromatic heterocycles. The van der Waals surface area contributed by atoms with Gasteiger partial charge in [0.1, 0.15) is 32.1 Å². The highest BCUT2D eigenvalue weighted by Crippen LogP contribution is 2.68. The predicted molar refractivity (Wildman–Crippen MR) is 172 cm³/mol. The van der Waals surface area contributed by atoms with Gasteiger partial charge < -0.3 is 23.7 Å². The van der Waals surface area contributed by atoms with Crippen molar-refractivity contribution in [3.05, 3.63) is 84.4 Å². The normalized spacial score (nSPS) is 34.4. The Kier molecular flexibility index (Phi) is 10.6. The molecule has 7 heteroatoms. The number of carbonyl (C=O) groups is 2. The lowest BCUT2D eigenvalue weighted by molar-refractivity contribution is -0.227. The van der Waals surface area contributed by atoms with Crippen molar-refractivity contribution in [1.82, 2.24) is 0 Å². The molecule has 2 aromatic carbocycles.